The van der Waals surface area contributed by atoms with Crippen LogP contribution in [0.5, 0.6) is 0 Å². The SMILES string of the molecule is CC(NC(=O)CN1CCN(c2ccc(F)cc2)CC1)C1CC1. The third-order valence-corrected chi connectivity index (χ3v) is 4.65. The Morgan fingerprint density at radius 2 is 1.86 bits per heavy atom. The molecule has 1 aromatic carbocycles. The molecule has 120 valence electrons. The Morgan fingerprint density at radius 1 is 1.23 bits per heavy atom. The molecule has 4 nitrogen and oxygen atoms in total. The molecule has 1 heterocycles. The minimum atomic E-state index is -0.205. The van der Waals surface area contributed by atoms with Gasteiger partial charge in [-0.15, -0.1) is 0 Å². The van der Waals surface area contributed by atoms with Gasteiger partial charge in [-0.2, -0.15) is 0 Å². The summed E-state index contributed by atoms with van der Waals surface area (Å²) in [6, 6.07) is 6.93. The number of nitrogens with one attached hydrogen (secondary N) is 1. The summed E-state index contributed by atoms with van der Waals surface area (Å²) in [6.45, 7) is 6.05. The number of carbonyl (C=O) groups excluding carboxylic acids is 1. The Morgan fingerprint density at radius 3 is 2.45 bits per heavy atom. The second-order valence-electron chi connectivity index (χ2n) is 6.43. The predicted octanol–water partition coefficient (Wildman–Crippen LogP) is 1.86. The average Bonchev–Trinajstić information content (AvgIpc) is 3.33. The van der Waals surface area contributed by atoms with Gasteiger partial charge in [0.25, 0.3) is 0 Å². The van der Waals surface area contributed by atoms with E-state index in [2.05, 4.69) is 22.0 Å². The van der Waals surface area contributed by atoms with Crippen molar-refractivity contribution in [3.8, 4) is 0 Å². The van der Waals surface area contributed by atoms with Crippen LogP contribution in [-0.4, -0.2) is 49.6 Å². The number of amides is 1. The van der Waals surface area contributed by atoms with Crippen molar-refractivity contribution in [3.05, 3.63) is 30.1 Å². The van der Waals surface area contributed by atoms with Crippen LogP contribution in [0, 0.1) is 11.7 Å². The van der Waals surface area contributed by atoms with Gasteiger partial charge in [0.15, 0.2) is 0 Å². The lowest BCUT2D eigenvalue weighted by molar-refractivity contribution is -0.123. The van der Waals surface area contributed by atoms with Gasteiger partial charge in [-0.1, -0.05) is 0 Å². The van der Waals surface area contributed by atoms with Gasteiger partial charge in [0.05, 0.1) is 6.54 Å². The second kappa shape index (κ2) is 6.65. The average molecular weight is 305 g/mol. The predicted molar refractivity (Wildman–Crippen MR) is 85.4 cm³/mol. The minimum Gasteiger partial charge on any atom is -0.369 e. The van der Waals surface area contributed by atoms with Gasteiger partial charge in [-0.3, -0.25) is 9.69 Å². The molecule has 1 amide bonds. The summed E-state index contributed by atoms with van der Waals surface area (Å²) >= 11 is 0. The lowest BCUT2D eigenvalue weighted by Gasteiger charge is -2.35. The molecule has 1 N–H and O–H groups in total. The van der Waals surface area contributed by atoms with E-state index in [0.29, 0.717) is 18.5 Å². The number of halogens is 1. The van der Waals surface area contributed by atoms with Gasteiger partial charge in [-0.25, -0.2) is 4.39 Å². The summed E-state index contributed by atoms with van der Waals surface area (Å²) in [4.78, 5) is 16.5. The van der Waals surface area contributed by atoms with Gasteiger partial charge >= 0.3 is 0 Å². The van der Waals surface area contributed by atoms with Gasteiger partial charge in [0.2, 0.25) is 5.91 Å². The zero-order valence-electron chi connectivity index (χ0n) is 13.1. The number of benzene rings is 1. The van der Waals surface area contributed by atoms with Gasteiger partial charge in [-0.05, 0) is 49.9 Å². The third kappa shape index (κ3) is 3.97. The van der Waals surface area contributed by atoms with Gasteiger partial charge in [0.1, 0.15) is 5.82 Å². The maximum Gasteiger partial charge on any atom is 0.234 e. The molecular weight excluding hydrogens is 281 g/mol. The van der Waals surface area contributed by atoms with E-state index in [1.165, 1.54) is 25.0 Å². The van der Waals surface area contributed by atoms with E-state index in [9.17, 15) is 9.18 Å². The van der Waals surface area contributed by atoms with Crippen molar-refractivity contribution in [3.63, 3.8) is 0 Å². The zero-order valence-corrected chi connectivity index (χ0v) is 13.1. The van der Waals surface area contributed by atoms with Crippen molar-refractivity contribution in [1.82, 2.24) is 10.2 Å². The molecule has 1 aliphatic heterocycles. The maximum absolute atomic E-state index is 13.0. The van der Waals surface area contributed by atoms with Crippen molar-refractivity contribution < 1.29 is 9.18 Å². The number of anilines is 1. The van der Waals surface area contributed by atoms with E-state index in [1.807, 2.05) is 12.1 Å². The highest BCUT2D eigenvalue weighted by Crippen LogP contribution is 2.32. The van der Waals surface area contributed by atoms with Crippen molar-refractivity contribution in [1.29, 1.82) is 0 Å². The molecule has 0 radical (unpaired) electrons. The van der Waals surface area contributed by atoms with Crippen LogP contribution in [0.1, 0.15) is 19.8 Å². The van der Waals surface area contributed by atoms with Crippen LogP contribution in [0.25, 0.3) is 0 Å². The van der Waals surface area contributed by atoms with Gasteiger partial charge in [0, 0.05) is 37.9 Å². The molecule has 5 heteroatoms. The monoisotopic (exact) mass is 305 g/mol. The molecule has 0 bridgehead atoms. The molecule has 0 spiro atoms. The number of carbonyl (C=O) groups is 1. The summed E-state index contributed by atoms with van der Waals surface area (Å²) in [7, 11) is 0. The first-order valence-electron chi connectivity index (χ1n) is 8.14. The summed E-state index contributed by atoms with van der Waals surface area (Å²) in [5.74, 6) is 0.623. The van der Waals surface area contributed by atoms with E-state index < -0.39 is 0 Å². The number of rotatable bonds is 5. The second-order valence-corrected chi connectivity index (χ2v) is 6.43. The third-order valence-electron chi connectivity index (χ3n) is 4.65. The molecule has 0 aromatic heterocycles. The van der Waals surface area contributed by atoms with E-state index in [4.69, 9.17) is 0 Å². The number of hydrogen-bond donors (Lipinski definition) is 1. The van der Waals surface area contributed by atoms with Crippen LogP contribution in [-0.2, 0) is 4.79 Å². The van der Waals surface area contributed by atoms with E-state index in [1.54, 1.807) is 0 Å². The highest BCUT2D eigenvalue weighted by atomic mass is 19.1. The first kappa shape index (κ1) is 15.3. The molecule has 1 aromatic rings. The fraction of sp³-hybridized carbons (Fsp3) is 0.588. The highest BCUT2D eigenvalue weighted by molar-refractivity contribution is 5.78. The Hall–Kier alpha value is -1.62. The number of hydrogen-bond acceptors (Lipinski definition) is 3. The molecule has 1 unspecified atom stereocenters. The Balaban J connectivity index is 1.43. The van der Waals surface area contributed by atoms with Crippen LogP contribution in [0.4, 0.5) is 10.1 Å². The molecule has 1 saturated carbocycles. The fourth-order valence-electron chi connectivity index (χ4n) is 3.03. The molecule has 3 rings (SSSR count). The quantitative estimate of drug-likeness (QED) is 0.902. The molecule has 1 saturated heterocycles. The lowest BCUT2D eigenvalue weighted by Crippen LogP contribution is -2.50. The topological polar surface area (TPSA) is 35.6 Å². The molecule has 2 aliphatic rings. The zero-order chi connectivity index (χ0) is 15.5. The first-order valence-corrected chi connectivity index (χ1v) is 8.14. The summed E-state index contributed by atoms with van der Waals surface area (Å²) in [6.07, 6.45) is 2.50. The van der Waals surface area contributed by atoms with Gasteiger partial charge < -0.3 is 10.2 Å². The Bertz CT molecular complexity index is 507. The van der Waals surface area contributed by atoms with E-state index in [0.717, 1.165) is 31.9 Å². The van der Waals surface area contributed by atoms with Crippen LogP contribution >= 0.6 is 0 Å². The lowest BCUT2D eigenvalue weighted by atomic mass is 10.2. The fourth-order valence-corrected chi connectivity index (χ4v) is 3.03. The molecule has 22 heavy (non-hydrogen) atoms. The number of nitrogens with zero attached hydrogens (tertiary/aromatic N) is 2. The molecular formula is C17H24FN3O. The van der Waals surface area contributed by atoms with Crippen molar-refractivity contribution in [2.45, 2.75) is 25.8 Å². The van der Waals surface area contributed by atoms with Crippen LogP contribution < -0.4 is 10.2 Å². The summed E-state index contributed by atoms with van der Waals surface area (Å²) in [5.41, 5.74) is 1.05. The van der Waals surface area contributed by atoms with Crippen LogP contribution in [0.3, 0.4) is 0 Å². The smallest absolute Gasteiger partial charge is 0.234 e. The molecule has 1 aliphatic carbocycles. The summed E-state index contributed by atoms with van der Waals surface area (Å²) in [5, 5.41) is 3.10. The minimum absolute atomic E-state index is 0.134. The first-order chi connectivity index (χ1) is 10.6. The summed E-state index contributed by atoms with van der Waals surface area (Å²) < 4.78 is 13.0. The largest absolute Gasteiger partial charge is 0.369 e. The Kier molecular flexibility index (Phi) is 4.62. The highest BCUT2D eigenvalue weighted by Gasteiger charge is 2.29. The van der Waals surface area contributed by atoms with E-state index >= 15 is 0 Å². The van der Waals surface area contributed by atoms with Crippen LogP contribution in [0.2, 0.25) is 0 Å². The maximum atomic E-state index is 13.0. The standard InChI is InChI=1S/C17H24FN3O/c1-13(14-2-3-14)19-17(22)12-20-8-10-21(11-9-20)16-6-4-15(18)5-7-16/h4-7,13-14H,2-3,8-12H2,1H3,(H,19,22). The van der Waals surface area contributed by atoms with E-state index in [-0.39, 0.29) is 11.7 Å². The normalized spacial score (nSPS) is 20.7. The molecule has 2 fully saturated rings. The van der Waals surface area contributed by atoms with Crippen molar-refractivity contribution in [2.24, 2.45) is 5.92 Å². The van der Waals surface area contributed by atoms with Crippen molar-refractivity contribution in [2.75, 3.05) is 37.6 Å². The molecule has 1 atom stereocenters. The van der Waals surface area contributed by atoms with Crippen molar-refractivity contribution >= 4 is 11.6 Å². The van der Waals surface area contributed by atoms with Crippen LogP contribution in [0.15, 0.2) is 24.3 Å². The number of piperazine rings is 1. The Labute approximate surface area is 131 Å².